The van der Waals surface area contributed by atoms with Gasteiger partial charge in [-0.2, -0.15) is 5.10 Å². The molecular formula is C8H13IN4O. The third kappa shape index (κ3) is 2.86. The Bertz CT molecular complexity index is 323. The van der Waals surface area contributed by atoms with Crippen LogP contribution in [0.5, 0.6) is 0 Å². The first-order chi connectivity index (χ1) is 6.67. The zero-order valence-corrected chi connectivity index (χ0v) is 10.0. The minimum absolute atomic E-state index is 0.161. The van der Waals surface area contributed by atoms with Crippen LogP contribution in [0.1, 0.15) is 25.8 Å². The van der Waals surface area contributed by atoms with Gasteiger partial charge in [0.2, 0.25) is 0 Å². The summed E-state index contributed by atoms with van der Waals surface area (Å²) in [5, 5.41) is 15.6. The molecule has 1 aromatic heterocycles. The molecule has 5 nitrogen and oxygen atoms in total. The van der Waals surface area contributed by atoms with Gasteiger partial charge in [-0.25, -0.2) is 0 Å². The quantitative estimate of drug-likeness (QED) is 0.291. The second-order valence-corrected chi connectivity index (χ2v) is 4.24. The van der Waals surface area contributed by atoms with Gasteiger partial charge in [0.1, 0.15) is 5.84 Å². The van der Waals surface area contributed by atoms with Crippen molar-refractivity contribution in [3.63, 3.8) is 0 Å². The van der Waals surface area contributed by atoms with Crippen molar-refractivity contribution >= 4 is 28.4 Å². The fourth-order valence-corrected chi connectivity index (χ4v) is 1.63. The number of hydrogen-bond acceptors (Lipinski definition) is 3. The van der Waals surface area contributed by atoms with E-state index < -0.39 is 0 Å². The zero-order chi connectivity index (χ0) is 10.6. The number of nitrogens with two attached hydrogens (primary N) is 1. The molecule has 1 rings (SSSR count). The average molecular weight is 308 g/mol. The van der Waals surface area contributed by atoms with Gasteiger partial charge < -0.3 is 10.9 Å². The van der Waals surface area contributed by atoms with Gasteiger partial charge in [0, 0.05) is 12.6 Å². The van der Waals surface area contributed by atoms with Crippen LogP contribution in [0, 0.1) is 3.57 Å². The number of oxime groups is 1. The van der Waals surface area contributed by atoms with E-state index in [-0.39, 0.29) is 11.9 Å². The molecule has 0 fully saturated rings. The van der Waals surface area contributed by atoms with E-state index in [0.29, 0.717) is 6.42 Å². The zero-order valence-electron chi connectivity index (χ0n) is 7.89. The predicted octanol–water partition coefficient (Wildman–Crippen LogP) is 1.58. The van der Waals surface area contributed by atoms with Crippen molar-refractivity contribution in [1.29, 1.82) is 0 Å². The molecule has 0 aliphatic rings. The van der Waals surface area contributed by atoms with Crippen LogP contribution in [-0.4, -0.2) is 20.8 Å². The van der Waals surface area contributed by atoms with Crippen molar-refractivity contribution in [3.05, 3.63) is 16.0 Å². The lowest BCUT2D eigenvalue weighted by Gasteiger charge is -2.13. The largest absolute Gasteiger partial charge is 0.409 e. The summed E-state index contributed by atoms with van der Waals surface area (Å²) in [7, 11) is 0. The Labute approximate surface area is 96.1 Å². The average Bonchev–Trinajstić information content (AvgIpc) is 2.60. The maximum absolute atomic E-state index is 8.46. The van der Waals surface area contributed by atoms with Crippen molar-refractivity contribution in [3.8, 4) is 0 Å². The molecule has 0 saturated heterocycles. The van der Waals surface area contributed by atoms with Crippen LogP contribution in [0.15, 0.2) is 17.5 Å². The van der Waals surface area contributed by atoms with E-state index in [9.17, 15) is 0 Å². The molecule has 0 spiro atoms. The van der Waals surface area contributed by atoms with Gasteiger partial charge in [-0.1, -0.05) is 12.1 Å². The highest BCUT2D eigenvalue weighted by Crippen LogP contribution is 2.16. The second kappa shape index (κ2) is 5.18. The van der Waals surface area contributed by atoms with Crippen LogP contribution in [0.3, 0.4) is 0 Å². The molecule has 6 heteroatoms. The first-order valence-corrected chi connectivity index (χ1v) is 5.41. The summed E-state index contributed by atoms with van der Waals surface area (Å²) in [6.07, 6.45) is 5.15. The number of hydrogen-bond donors (Lipinski definition) is 2. The summed E-state index contributed by atoms with van der Waals surface area (Å²) < 4.78 is 2.93. The minimum Gasteiger partial charge on any atom is -0.409 e. The normalized spacial score (nSPS) is 14.3. The smallest absolute Gasteiger partial charge is 0.141 e. The SMILES string of the molecule is CCC(CC(N)=NO)n1cc(I)cn1. The first kappa shape index (κ1) is 11.3. The Morgan fingerprint density at radius 3 is 3.00 bits per heavy atom. The highest BCUT2D eigenvalue weighted by Gasteiger charge is 2.11. The van der Waals surface area contributed by atoms with Gasteiger partial charge in [-0.3, -0.25) is 4.68 Å². The van der Waals surface area contributed by atoms with Crippen LogP contribution in [-0.2, 0) is 0 Å². The van der Waals surface area contributed by atoms with Crippen LogP contribution >= 0.6 is 22.6 Å². The standard InChI is InChI=1S/C8H13IN4O/c1-2-7(3-8(10)12-14)13-5-6(9)4-11-13/h4-5,7,14H,2-3H2,1H3,(H2,10,12). The molecule has 0 aliphatic carbocycles. The first-order valence-electron chi connectivity index (χ1n) is 4.33. The number of amidine groups is 1. The summed E-state index contributed by atoms with van der Waals surface area (Å²) >= 11 is 2.20. The third-order valence-corrected chi connectivity index (χ3v) is 2.55. The Balaban J connectivity index is 2.72. The lowest BCUT2D eigenvalue weighted by molar-refractivity contribution is 0.314. The molecule has 14 heavy (non-hydrogen) atoms. The highest BCUT2D eigenvalue weighted by atomic mass is 127. The Hall–Kier alpha value is -0.790. The van der Waals surface area contributed by atoms with Gasteiger partial charge in [-0.05, 0) is 29.0 Å². The van der Waals surface area contributed by atoms with Gasteiger partial charge in [0.25, 0.3) is 0 Å². The fourth-order valence-electron chi connectivity index (χ4n) is 1.22. The molecule has 0 aromatic carbocycles. The number of rotatable bonds is 4. The van der Waals surface area contributed by atoms with E-state index >= 15 is 0 Å². The van der Waals surface area contributed by atoms with Gasteiger partial charge in [-0.15, -0.1) is 0 Å². The summed E-state index contributed by atoms with van der Waals surface area (Å²) in [6.45, 7) is 2.05. The lowest BCUT2D eigenvalue weighted by Crippen LogP contribution is -2.19. The topological polar surface area (TPSA) is 76.4 Å². The second-order valence-electron chi connectivity index (χ2n) is 3.00. The van der Waals surface area contributed by atoms with Crippen LogP contribution in [0.2, 0.25) is 0 Å². The number of halogens is 1. The van der Waals surface area contributed by atoms with Crippen LogP contribution < -0.4 is 5.73 Å². The molecule has 1 aromatic rings. The summed E-state index contributed by atoms with van der Waals surface area (Å²) in [6, 6.07) is 0.161. The van der Waals surface area contributed by atoms with Crippen molar-refractivity contribution in [2.75, 3.05) is 0 Å². The monoisotopic (exact) mass is 308 g/mol. The summed E-state index contributed by atoms with van der Waals surface area (Å²) in [5.41, 5.74) is 5.45. The van der Waals surface area contributed by atoms with Crippen molar-refractivity contribution < 1.29 is 5.21 Å². The fraction of sp³-hybridized carbons (Fsp3) is 0.500. The molecule has 78 valence electrons. The predicted molar refractivity (Wildman–Crippen MR) is 62.3 cm³/mol. The maximum atomic E-state index is 8.46. The Morgan fingerprint density at radius 2 is 2.57 bits per heavy atom. The van der Waals surface area contributed by atoms with E-state index in [0.717, 1.165) is 9.99 Å². The molecule has 1 heterocycles. The van der Waals surface area contributed by atoms with Crippen LogP contribution in [0.25, 0.3) is 0 Å². The minimum atomic E-state index is 0.161. The van der Waals surface area contributed by atoms with E-state index in [4.69, 9.17) is 10.9 Å². The van der Waals surface area contributed by atoms with Gasteiger partial charge in [0.05, 0.1) is 15.8 Å². The van der Waals surface area contributed by atoms with Crippen molar-refractivity contribution in [1.82, 2.24) is 9.78 Å². The molecule has 0 amide bonds. The van der Waals surface area contributed by atoms with Crippen LogP contribution in [0.4, 0.5) is 0 Å². The third-order valence-electron chi connectivity index (χ3n) is 1.99. The van der Waals surface area contributed by atoms with Crippen molar-refractivity contribution in [2.45, 2.75) is 25.8 Å². The molecule has 1 atom stereocenters. The van der Waals surface area contributed by atoms with E-state index in [1.54, 1.807) is 6.20 Å². The molecule has 1 unspecified atom stereocenters. The maximum Gasteiger partial charge on any atom is 0.141 e. The van der Waals surface area contributed by atoms with Gasteiger partial charge >= 0.3 is 0 Å². The number of aromatic nitrogens is 2. The Kier molecular flexibility index (Phi) is 4.18. The molecule has 0 radical (unpaired) electrons. The molecule has 3 N–H and O–H groups in total. The summed E-state index contributed by atoms with van der Waals surface area (Å²) in [5.74, 6) is 0.238. The molecule has 0 bridgehead atoms. The highest BCUT2D eigenvalue weighted by molar-refractivity contribution is 14.1. The van der Waals surface area contributed by atoms with Crippen molar-refractivity contribution in [2.24, 2.45) is 10.9 Å². The van der Waals surface area contributed by atoms with Gasteiger partial charge in [0.15, 0.2) is 0 Å². The lowest BCUT2D eigenvalue weighted by atomic mass is 10.1. The van der Waals surface area contributed by atoms with E-state index in [1.165, 1.54) is 0 Å². The summed E-state index contributed by atoms with van der Waals surface area (Å²) in [4.78, 5) is 0. The molecular weight excluding hydrogens is 295 g/mol. The molecule has 0 saturated carbocycles. The van der Waals surface area contributed by atoms with E-state index in [2.05, 4.69) is 32.8 Å². The Morgan fingerprint density at radius 1 is 1.86 bits per heavy atom. The number of nitrogens with zero attached hydrogens (tertiary/aromatic N) is 3. The van der Waals surface area contributed by atoms with E-state index in [1.807, 2.05) is 17.8 Å². The molecule has 0 aliphatic heterocycles.